The van der Waals surface area contributed by atoms with Crippen molar-refractivity contribution in [1.29, 1.82) is 0 Å². The van der Waals surface area contributed by atoms with Crippen LogP contribution < -0.4 is 5.32 Å². The van der Waals surface area contributed by atoms with Crippen LogP contribution in [-0.4, -0.2) is 19.9 Å². The Morgan fingerprint density at radius 3 is 2.65 bits per heavy atom. The molecule has 0 aliphatic rings. The van der Waals surface area contributed by atoms with E-state index >= 15 is 0 Å². The first-order chi connectivity index (χ1) is 9.26. The van der Waals surface area contributed by atoms with Gasteiger partial charge in [0.15, 0.2) is 0 Å². The summed E-state index contributed by atoms with van der Waals surface area (Å²) in [4.78, 5) is 8.82. The van der Waals surface area contributed by atoms with Crippen molar-refractivity contribution in [3.05, 3.63) is 29.2 Å². The topological polar surface area (TPSA) is 42.2 Å². The molecule has 0 aromatic carbocycles. The van der Waals surface area contributed by atoms with Gasteiger partial charge in [-0.25, -0.2) is 9.97 Å². The summed E-state index contributed by atoms with van der Waals surface area (Å²) >= 11 is 6.04. The van der Waals surface area contributed by atoms with Crippen LogP contribution in [-0.2, 0) is 0 Å². The Bertz CT molecular complexity index is 635. The molecule has 2 heterocycles. The van der Waals surface area contributed by atoms with Crippen LogP contribution in [0.4, 0.5) is 5.82 Å². The number of hydrogen-bond acceptors (Lipinski definition) is 3. The maximum Gasteiger partial charge on any atom is 0.236 e. The van der Waals surface area contributed by atoms with Gasteiger partial charge in [-0.05, 0) is 32.8 Å². The summed E-state index contributed by atoms with van der Waals surface area (Å²) in [5.41, 5.74) is 0.807. The molecule has 0 aliphatic heterocycles. The molecule has 108 valence electrons. The second-order valence-electron chi connectivity index (χ2n) is 6.27. The zero-order valence-electron chi connectivity index (χ0n) is 12.6. The molecular formula is C15H21ClN4. The lowest BCUT2D eigenvalue weighted by atomic mass is 10.1. The predicted octanol–water partition coefficient (Wildman–Crippen LogP) is 4.26. The van der Waals surface area contributed by atoms with Crippen molar-refractivity contribution in [2.75, 3.05) is 5.32 Å². The highest BCUT2D eigenvalue weighted by atomic mass is 35.5. The van der Waals surface area contributed by atoms with Crippen LogP contribution in [0.5, 0.6) is 0 Å². The Balaban J connectivity index is 2.57. The number of nitrogens with zero attached hydrogens (tertiary/aromatic N) is 3. The molecule has 0 fully saturated rings. The maximum atomic E-state index is 6.04. The Morgan fingerprint density at radius 1 is 1.35 bits per heavy atom. The normalized spacial score (nSPS) is 12.8. The standard InChI is InChI=1S/C15H21ClN4/c1-10(2)6-7-12-13(19-15(3,4)5)20-9-11(16)8-17-14(20)18-12/h6-10,19H,1-5H3/b7-6+. The Kier molecular flexibility index (Phi) is 4.04. The van der Waals surface area contributed by atoms with E-state index in [0.717, 1.165) is 11.5 Å². The number of hydrogen-bond donors (Lipinski definition) is 1. The zero-order chi connectivity index (χ0) is 14.9. The number of aromatic nitrogens is 3. The third-order valence-corrected chi connectivity index (χ3v) is 2.80. The van der Waals surface area contributed by atoms with Gasteiger partial charge in [-0.15, -0.1) is 0 Å². The second kappa shape index (κ2) is 5.44. The lowest BCUT2D eigenvalue weighted by molar-refractivity contribution is 0.629. The summed E-state index contributed by atoms with van der Waals surface area (Å²) < 4.78 is 1.90. The van der Waals surface area contributed by atoms with Crippen LogP contribution in [0.25, 0.3) is 11.9 Å². The van der Waals surface area contributed by atoms with Gasteiger partial charge in [0.2, 0.25) is 5.78 Å². The van der Waals surface area contributed by atoms with Crippen molar-refractivity contribution in [2.24, 2.45) is 5.92 Å². The first-order valence-electron chi connectivity index (χ1n) is 6.76. The molecule has 0 atom stereocenters. The minimum absolute atomic E-state index is 0.0707. The highest BCUT2D eigenvalue weighted by Crippen LogP contribution is 2.24. The molecule has 2 rings (SSSR count). The van der Waals surface area contributed by atoms with Crippen molar-refractivity contribution < 1.29 is 0 Å². The van der Waals surface area contributed by atoms with E-state index in [1.165, 1.54) is 0 Å². The number of halogens is 1. The van der Waals surface area contributed by atoms with Crippen LogP contribution in [0.2, 0.25) is 5.02 Å². The number of fused-ring (bicyclic) bond motifs is 1. The molecule has 0 spiro atoms. The number of anilines is 1. The molecular weight excluding hydrogens is 272 g/mol. The van der Waals surface area contributed by atoms with Gasteiger partial charge in [0.05, 0.1) is 11.2 Å². The molecule has 20 heavy (non-hydrogen) atoms. The highest BCUT2D eigenvalue weighted by molar-refractivity contribution is 6.30. The number of rotatable bonds is 3. The summed E-state index contributed by atoms with van der Waals surface area (Å²) in [6.45, 7) is 10.6. The van der Waals surface area contributed by atoms with Gasteiger partial charge in [-0.1, -0.05) is 31.5 Å². The Labute approximate surface area is 124 Å². The van der Waals surface area contributed by atoms with Crippen LogP contribution in [0.15, 0.2) is 18.5 Å². The highest BCUT2D eigenvalue weighted by Gasteiger charge is 2.17. The van der Waals surface area contributed by atoms with E-state index in [9.17, 15) is 0 Å². The summed E-state index contributed by atoms with van der Waals surface area (Å²) in [5.74, 6) is 2.03. The number of nitrogens with one attached hydrogen (secondary N) is 1. The third-order valence-electron chi connectivity index (χ3n) is 2.61. The molecule has 0 saturated heterocycles. The maximum absolute atomic E-state index is 6.04. The second-order valence-corrected chi connectivity index (χ2v) is 6.70. The minimum atomic E-state index is -0.0707. The fourth-order valence-electron chi connectivity index (χ4n) is 1.81. The lowest BCUT2D eigenvalue weighted by Gasteiger charge is -2.22. The molecule has 2 aromatic rings. The average Bonchev–Trinajstić information content (AvgIpc) is 2.63. The molecule has 5 heteroatoms. The quantitative estimate of drug-likeness (QED) is 0.919. The van der Waals surface area contributed by atoms with Crippen molar-refractivity contribution >= 4 is 29.3 Å². The van der Waals surface area contributed by atoms with Gasteiger partial charge in [0, 0.05) is 11.7 Å². The smallest absolute Gasteiger partial charge is 0.236 e. The summed E-state index contributed by atoms with van der Waals surface area (Å²) in [6, 6.07) is 0. The van der Waals surface area contributed by atoms with Crippen molar-refractivity contribution in [2.45, 2.75) is 40.2 Å². The minimum Gasteiger partial charge on any atom is -0.365 e. The van der Waals surface area contributed by atoms with E-state index in [0.29, 0.717) is 16.7 Å². The van der Waals surface area contributed by atoms with E-state index in [1.807, 2.05) is 16.7 Å². The zero-order valence-corrected chi connectivity index (χ0v) is 13.4. The predicted molar refractivity (Wildman–Crippen MR) is 85.2 cm³/mol. The molecule has 0 saturated carbocycles. The lowest BCUT2D eigenvalue weighted by Crippen LogP contribution is -2.27. The number of allylic oxidation sites excluding steroid dienone is 1. The Morgan fingerprint density at radius 2 is 2.05 bits per heavy atom. The molecule has 0 aliphatic carbocycles. The first-order valence-corrected chi connectivity index (χ1v) is 7.14. The van der Waals surface area contributed by atoms with E-state index in [2.05, 4.69) is 56.0 Å². The van der Waals surface area contributed by atoms with Crippen LogP contribution in [0.3, 0.4) is 0 Å². The van der Waals surface area contributed by atoms with E-state index in [4.69, 9.17) is 11.6 Å². The van der Waals surface area contributed by atoms with Crippen molar-refractivity contribution in [3.8, 4) is 0 Å². The van der Waals surface area contributed by atoms with E-state index in [1.54, 1.807) is 6.20 Å². The largest absolute Gasteiger partial charge is 0.365 e. The molecule has 4 nitrogen and oxygen atoms in total. The third kappa shape index (κ3) is 3.51. The van der Waals surface area contributed by atoms with Gasteiger partial charge in [-0.3, -0.25) is 4.40 Å². The van der Waals surface area contributed by atoms with Gasteiger partial charge < -0.3 is 5.32 Å². The monoisotopic (exact) mass is 292 g/mol. The Hall–Kier alpha value is -1.55. The molecule has 0 radical (unpaired) electrons. The van der Waals surface area contributed by atoms with Crippen LogP contribution in [0.1, 0.15) is 40.3 Å². The fourth-order valence-corrected chi connectivity index (χ4v) is 1.95. The summed E-state index contributed by atoms with van der Waals surface area (Å²) in [5, 5.41) is 4.06. The van der Waals surface area contributed by atoms with Crippen molar-refractivity contribution in [1.82, 2.24) is 14.4 Å². The van der Waals surface area contributed by atoms with Crippen LogP contribution >= 0.6 is 11.6 Å². The summed E-state index contributed by atoms with van der Waals surface area (Å²) in [6.07, 6.45) is 7.59. The molecule has 2 aromatic heterocycles. The van der Waals surface area contributed by atoms with Gasteiger partial charge in [-0.2, -0.15) is 0 Å². The summed E-state index contributed by atoms with van der Waals surface area (Å²) in [7, 11) is 0. The van der Waals surface area contributed by atoms with Gasteiger partial charge >= 0.3 is 0 Å². The van der Waals surface area contributed by atoms with Crippen molar-refractivity contribution in [3.63, 3.8) is 0 Å². The average molecular weight is 293 g/mol. The van der Waals surface area contributed by atoms with Crippen LogP contribution in [0, 0.1) is 5.92 Å². The molecule has 0 unspecified atom stereocenters. The first kappa shape index (κ1) is 14.9. The van der Waals surface area contributed by atoms with Gasteiger partial charge in [0.1, 0.15) is 11.5 Å². The fraction of sp³-hybridized carbons (Fsp3) is 0.467. The SMILES string of the molecule is CC(C)/C=C/c1nc2ncc(Cl)cn2c1NC(C)(C)C. The van der Waals surface area contributed by atoms with E-state index in [-0.39, 0.29) is 5.54 Å². The van der Waals surface area contributed by atoms with E-state index < -0.39 is 0 Å². The molecule has 0 amide bonds. The number of imidazole rings is 1. The molecule has 1 N–H and O–H groups in total. The van der Waals surface area contributed by atoms with Gasteiger partial charge in [0.25, 0.3) is 0 Å². The molecule has 0 bridgehead atoms.